The van der Waals surface area contributed by atoms with Gasteiger partial charge in [-0.2, -0.15) is 0 Å². The summed E-state index contributed by atoms with van der Waals surface area (Å²) in [6.45, 7) is 0.771. The quantitative estimate of drug-likeness (QED) is 0.663. The Kier molecular flexibility index (Phi) is 3.93. The molecule has 5 heteroatoms. The average Bonchev–Trinajstić information content (AvgIpc) is 2.76. The van der Waals surface area contributed by atoms with Gasteiger partial charge >= 0.3 is 0 Å². The van der Waals surface area contributed by atoms with Gasteiger partial charge in [-0.15, -0.1) is 0 Å². The minimum absolute atomic E-state index is 0.771. The predicted octanol–water partition coefficient (Wildman–Crippen LogP) is 1.67. The van der Waals surface area contributed by atoms with E-state index in [-0.39, 0.29) is 0 Å². The van der Waals surface area contributed by atoms with Crippen molar-refractivity contribution in [1.29, 1.82) is 0 Å². The molecule has 2 heterocycles. The van der Waals surface area contributed by atoms with E-state index < -0.39 is 0 Å². The topological polar surface area (TPSA) is 79.6 Å². The maximum atomic E-state index is 5.46. The summed E-state index contributed by atoms with van der Waals surface area (Å²) < 4.78 is 0. The van der Waals surface area contributed by atoms with Crippen molar-refractivity contribution in [3.8, 4) is 0 Å². The monoisotopic (exact) mass is 233 g/mol. The smallest absolute Gasteiger partial charge is 0.179 e. The molecule has 92 valence electrons. The van der Waals surface area contributed by atoms with E-state index in [9.17, 15) is 0 Å². The van der Waals surface area contributed by atoms with Gasteiger partial charge in [0.15, 0.2) is 5.65 Å². The third-order valence-electron chi connectivity index (χ3n) is 2.77. The first kappa shape index (κ1) is 11.9. The van der Waals surface area contributed by atoms with Gasteiger partial charge in [0.25, 0.3) is 0 Å². The Morgan fingerprint density at radius 2 is 2.12 bits per heavy atom. The van der Waals surface area contributed by atoms with Gasteiger partial charge in [-0.3, -0.25) is 0 Å². The maximum absolute atomic E-state index is 5.46. The van der Waals surface area contributed by atoms with Crippen LogP contribution in [-0.4, -0.2) is 28.5 Å². The van der Waals surface area contributed by atoms with Gasteiger partial charge in [0.1, 0.15) is 11.6 Å². The van der Waals surface area contributed by atoms with Crippen LogP contribution in [0, 0.1) is 0 Å². The second-order valence-electron chi connectivity index (χ2n) is 4.10. The van der Waals surface area contributed by atoms with Crippen LogP contribution >= 0.6 is 0 Å². The molecule has 0 aliphatic rings. The lowest BCUT2D eigenvalue weighted by Crippen LogP contribution is -1.98. The first-order chi connectivity index (χ1) is 8.33. The Hall–Kier alpha value is -1.62. The lowest BCUT2D eigenvalue weighted by molar-refractivity contribution is 0.673. The first-order valence-corrected chi connectivity index (χ1v) is 6.07. The van der Waals surface area contributed by atoms with Crippen LogP contribution < -0.4 is 11.1 Å². The number of H-pyrrole nitrogens is 1. The van der Waals surface area contributed by atoms with Crippen LogP contribution in [0.2, 0.25) is 0 Å². The van der Waals surface area contributed by atoms with Crippen molar-refractivity contribution in [2.45, 2.75) is 25.7 Å². The minimum atomic E-state index is 0.771. The number of fused-ring (bicyclic) bond motifs is 1. The van der Waals surface area contributed by atoms with Crippen LogP contribution in [0.15, 0.2) is 12.1 Å². The molecule has 17 heavy (non-hydrogen) atoms. The summed E-state index contributed by atoms with van der Waals surface area (Å²) in [6.07, 6.45) is 4.33. The van der Waals surface area contributed by atoms with E-state index in [1.54, 1.807) is 0 Å². The number of anilines is 1. The molecule has 0 fully saturated rings. The lowest BCUT2D eigenvalue weighted by atomic mass is 10.2. The molecule has 0 spiro atoms. The Bertz CT molecular complexity index is 477. The lowest BCUT2D eigenvalue weighted by Gasteiger charge is -1.95. The molecular formula is C12H19N5. The number of aromatic nitrogens is 3. The number of nitrogens with one attached hydrogen (secondary N) is 2. The Morgan fingerprint density at radius 1 is 1.24 bits per heavy atom. The van der Waals surface area contributed by atoms with E-state index in [0.717, 1.165) is 55.0 Å². The molecule has 0 saturated heterocycles. The van der Waals surface area contributed by atoms with Gasteiger partial charge in [-0.05, 0) is 31.5 Å². The van der Waals surface area contributed by atoms with Crippen molar-refractivity contribution < 1.29 is 0 Å². The highest BCUT2D eigenvalue weighted by atomic mass is 15.0. The number of imidazole rings is 1. The summed E-state index contributed by atoms with van der Waals surface area (Å²) in [5.74, 6) is 1.86. The molecule has 0 unspecified atom stereocenters. The third-order valence-corrected chi connectivity index (χ3v) is 2.77. The number of hydrogen-bond donors (Lipinski definition) is 3. The Morgan fingerprint density at radius 3 is 2.88 bits per heavy atom. The minimum Gasteiger partial charge on any atom is -0.373 e. The molecule has 0 aliphatic heterocycles. The molecule has 2 rings (SSSR count). The Labute approximate surface area is 101 Å². The first-order valence-electron chi connectivity index (χ1n) is 6.07. The van der Waals surface area contributed by atoms with Gasteiger partial charge < -0.3 is 16.0 Å². The average molecular weight is 233 g/mol. The second kappa shape index (κ2) is 5.63. The van der Waals surface area contributed by atoms with E-state index >= 15 is 0 Å². The zero-order valence-corrected chi connectivity index (χ0v) is 10.2. The molecule has 0 saturated carbocycles. The van der Waals surface area contributed by atoms with Crippen molar-refractivity contribution in [2.75, 3.05) is 18.9 Å². The van der Waals surface area contributed by atoms with Crippen LogP contribution in [0.5, 0.6) is 0 Å². The van der Waals surface area contributed by atoms with Crippen molar-refractivity contribution in [2.24, 2.45) is 5.73 Å². The van der Waals surface area contributed by atoms with Crippen molar-refractivity contribution in [1.82, 2.24) is 15.0 Å². The highest BCUT2D eigenvalue weighted by Crippen LogP contribution is 2.13. The second-order valence-corrected chi connectivity index (χ2v) is 4.10. The molecule has 0 atom stereocenters. The van der Waals surface area contributed by atoms with Crippen molar-refractivity contribution >= 4 is 17.0 Å². The zero-order chi connectivity index (χ0) is 12.1. The zero-order valence-electron chi connectivity index (χ0n) is 10.2. The van der Waals surface area contributed by atoms with Crippen molar-refractivity contribution in [3.05, 3.63) is 18.0 Å². The van der Waals surface area contributed by atoms with Crippen LogP contribution in [0.4, 0.5) is 5.82 Å². The molecule has 4 N–H and O–H groups in total. The van der Waals surface area contributed by atoms with Gasteiger partial charge in [-0.25, -0.2) is 9.97 Å². The third kappa shape index (κ3) is 2.94. The number of aryl methyl sites for hydroxylation is 1. The molecule has 0 aliphatic carbocycles. The molecule has 0 bridgehead atoms. The molecule has 0 radical (unpaired) electrons. The highest BCUT2D eigenvalue weighted by Gasteiger charge is 2.04. The molecular weight excluding hydrogens is 214 g/mol. The van der Waals surface area contributed by atoms with E-state index in [1.807, 2.05) is 19.2 Å². The van der Waals surface area contributed by atoms with Gasteiger partial charge in [0.2, 0.25) is 0 Å². The van der Waals surface area contributed by atoms with Crippen LogP contribution in [0.25, 0.3) is 11.2 Å². The van der Waals surface area contributed by atoms with Gasteiger partial charge in [0, 0.05) is 13.5 Å². The predicted molar refractivity (Wildman–Crippen MR) is 70.0 cm³/mol. The van der Waals surface area contributed by atoms with Crippen molar-refractivity contribution in [3.63, 3.8) is 0 Å². The Balaban J connectivity index is 2.04. The van der Waals surface area contributed by atoms with E-state index in [2.05, 4.69) is 20.3 Å². The number of nitrogens with two attached hydrogens (primary N) is 1. The number of pyridine rings is 1. The number of nitrogens with zero attached hydrogens (tertiary/aromatic N) is 2. The number of rotatable bonds is 6. The molecule has 2 aromatic rings. The number of aromatic amines is 1. The van der Waals surface area contributed by atoms with Crippen LogP contribution in [0.3, 0.4) is 0 Å². The fourth-order valence-corrected chi connectivity index (χ4v) is 1.81. The van der Waals surface area contributed by atoms with Gasteiger partial charge in [-0.1, -0.05) is 6.42 Å². The number of unbranched alkanes of at least 4 members (excludes halogenated alkanes) is 2. The van der Waals surface area contributed by atoms with Crippen LogP contribution in [-0.2, 0) is 6.42 Å². The fraction of sp³-hybridized carbons (Fsp3) is 0.500. The largest absolute Gasteiger partial charge is 0.373 e. The highest BCUT2D eigenvalue weighted by molar-refractivity contribution is 5.72. The summed E-state index contributed by atoms with van der Waals surface area (Å²) >= 11 is 0. The molecule has 0 aromatic carbocycles. The summed E-state index contributed by atoms with van der Waals surface area (Å²) in [5, 5.41) is 3.01. The van der Waals surface area contributed by atoms with E-state index in [0.29, 0.717) is 0 Å². The van der Waals surface area contributed by atoms with Crippen LogP contribution in [0.1, 0.15) is 25.1 Å². The summed E-state index contributed by atoms with van der Waals surface area (Å²) in [6, 6.07) is 3.95. The SMILES string of the molecule is CNc1ccc2[nH]c(CCCCCN)nc2n1. The van der Waals surface area contributed by atoms with E-state index in [1.165, 1.54) is 0 Å². The van der Waals surface area contributed by atoms with Gasteiger partial charge in [0.05, 0.1) is 5.52 Å². The maximum Gasteiger partial charge on any atom is 0.179 e. The number of hydrogen-bond acceptors (Lipinski definition) is 4. The fourth-order valence-electron chi connectivity index (χ4n) is 1.81. The molecule has 0 amide bonds. The summed E-state index contributed by atoms with van der Waals surface area (Å²) in [7, 11) is 1.86. The summed E-state index contributed by atoms with van der Waals surface area (Å²) in [4.78, 5) is 12.2. The van der Waals surface area contributed by atoms with E-state index in [4.69, 9.17) is 5.73 Å². The normalized spacial score (nSPS) is 10.9. The standard InChI is InChI=1S/C12H19N5/c1-14-10-7-6-9-12(16-10)17-11(15-9)5-3-2-4-8-13/h6-7H,2-5,8,13H2,1H3,(H2,14,15,16,17). The molecule has 2 aromatic heterocycles. The molecule has 5 nitrogen and oxygen atoms in total. The summed E-state index contributed by atoms with van der Waals surface area (Å²) in [5.41, 5.74) is 7.24.